The van der Waals surface area contributed by atoms with Crippen LogP contribution >= 0.6 is 0 Å². The first-order valence-corrected chi connectivity index (χ1v) is 7.81. The minimum atomic E-state index is 0.0727. The van der Waals surface area contributed by atoms with Crippen LogP contribution < -0.4 is 10.9 Å². The Labute approximate surface area is 118 Å². The number of fused-ring (bicyclic) bond motifs is 3. The monoisotopic (exact) mass is 274 g/mol. The normalized spacial score (nSPS) is 32.8. The van der Waals surface area contributed by atoms with Gasteiger partial charge in [0.05, 0.1) is 5.56 Å². The van der Waals surface area contributed by atoms with Crippen molar-refractivity contribution in [2.75, 3.05) is 18.9 Å². The number of hydrogen-bond donors (Lipinski definition) is 2. The molecular formula is C15H22N4O. The van der Waals surface area contributed by atoms with Gasteiger partial charge in [-0.3, -0.25) is 4.79 Å². The molecule has 0 radical (unpaired) electrons. The highest BCUT2D eigenvalue weighted by Gasteiger charge is 2.39. The van der Waals surface area contributed by atoms with Crippen LogP contribution in [-0.4, -0.2) is 40.5 Å². The Morgan fingerprint density at radius 1 is 1.25 bits per heavy atom. The maximum absolute atomic E-state index is 12.2. The fourth-order valence-electron chi connectivity index (χ4n) is 4.19. The van der Waals surface area contributed by atoms with E-state index in [1.54, 1.807) is 0 Å². The Kier molecular flexibility index (Phi) is 2.84. The van der Waals surface area contributed by atoms with Crippen molar-refractivity contribution in [2.24, 2.45) is 0 Å². The van der Waals surface area contributed by atoms with Gasteiger partial charge in [-0.15, -0.1) is 0 Å². The van der Waals surface area contributed by atoms with Crippen LogP contribution in [0.4, 0.5) is 5.82 Å². The van der Waals surface area contributed by atoms with Crippen LogP contribution in [0.5, 0.6) is 0 Å². The number of aromatic amines is 1. The van der Waals surface area contributed by atoms with Gasteiger partial charge in [-0.25, -0.2) is 4.98 Å². The molecule has 4 rings (SSSR count). The standard InChI is InChI=1S/C15H22N4O/c1-19-10-4-5-11(19)8-9(7-10)13-17-14-12(15(20)18-13)3-2-6-16-14/h9-11H,2-8H2,1H3,(H2,16,17,18,20). The predicted molar refractivity (Wildman–Crippen MR) is 78.2 cm³/mol. The number of nitrogens with one attached hydrogen (secondary N) is 2. The van der Waals surface area contributed by atoms with Gasteiger partial charge in [0, 0.05) is 24.5 Å². The van der Waals surface area contributed by atoms with E-state index in [2.05, 4.69) is 22.2 Å². The molecule has 0 spiro atoms. The van der Waals surface area contributed by atoms with Gasteiger partial charge < -0.3 is 15.2 Å². The van der Waals surface area contributed by atoms with Gasteiger partial charge in [0.15, 0.2) is 0 Å². The van der Waals surface area contributed by atoms with E-state index in [1.165, 1.54) is 12.8 Å². The maximum Gasteiger partial charge on any atom is 0.256 e. The SMILES string of the molecule is CN1C2CCC1CC(c1nc3c(c(=O)[nH]1)CCCN3)C2. The summed E-state index contributed by atoms with van der Waals surface area (Å²) in [6.07, 6.45) is 6.73. The van der Waals surface area contributed by atoms with Crippen LogP contribution in [0.2, 0.25) is 0 Å². The molecule has 0 aliphatic carbocycles. The van der Waals surface area contributed by atoms with E-state index in [9.17, 15) is 4.79 Å². The van der Waals surface area contributed by atoms with Gasteiger partial charge in [-0.05, 0) is 45.6 Å². The highest BCUT2D eigenvalue weighted by Crippen LogP contribution is 2.41. The van der Waals surface area contributed by atoms with Crippen molar-refractivity contribution in [1.29, 1.82) is 0 Å². The zero-order valence-corrected chi connectivity index (χ0v) is 12.0. The van der Waals surface area contributed by atoms with Crippen molar-refractivity contribution in [3.8, 4) is 0 Å². The summed E-state index contributed by atoms with van der Waals surface area (Å²) in [6, 6.07) is 1.35. The molecule has 3 aliphatic heterocycles. The largest absolute Gasteiger partial charge is 0.370 e. The third-order valence-corrected chi connectivity index (χ3v) is 5.41. The molecule has 2 bridgehead atoms. The molecule has 108 valence electrons. The Morgan fingerprint density at radius 2 is 2.00 bits per heavy atom. The van der Waals surface area contributed by atoms with E-state index in [0.29, 0.717) is 18.0 Å². The fourth-order valence-corrected chi connectivity index (χ4v) is 4.19. The second-order valence-corrected chi connectivity index (χ2v) is 6.53. The first kappa shape index (κ1) is 12.4. The van der Waals surface area contributed by atoms with Crippen molar-refractivity contribution in [3.05, 3.63) is 21.7 Å². The van der Waals surface area contributed by atoms with Crippen LogP contribution in [0.3, 0.4) is 0 Å². The smallest absolute Gasteiger partial charge is 0.256 e. The summed E-state index contributed by atoms with van der Waals surface area (Å²) < 4.78 is 0. The minimum Gasteiger partial charge on any atom is -0.370 e. The van der Waals surface area contributed by atoms with Crippen LogP contribution in [0.25, 0.3) is 0 Å². The maximum atomic E-state index is 12.2. The van der Waals surface area contributed by atoms with E-state index in [4.69, 9.17) is 4.98 Å². The summed E-state index contributed by atoms with van der Waals surface area (Å²) in [4.78, 5) is 22.5. The van der Waals surface area contributed by atoms with Gasteiger partial charge in [0.2, 0.25) is 0 Å². The highest BCUT2D eigenvalue weighted by atomic mass is 16.1. The molecule has 2 atom stereocenters. The second kappa shape index (κ2) is 4.58. The molecule has 1 aromatic rings. The van der Waals surface area contributed by atoms with Crippen LogP contribution in [0.15, 0.2) is 4.79 Å². The molecule has 1 aromatic heterocycles. The van der Waals surface area contributed by atoms with E-state index in [1.807, 2.05) is 0 Å². The van der Waals surface area contributed by atoms with Crippen molar-refractivity contribution in [3.63, 3.8) is 0 Å². The Bertz CT molecular complexity index is 568. The summed E-state index contributed by atoms with van der Waals surface area (Å²) in [5.41, 5.74) is 0.916. The molecule has 20 heavy (non-hydrogen) atoms. The van der Waals surface area contributed by atoms with Gasteiger partial charge >= 0.3 is 0 Å². The Balaban J connectivity index is 1.66. The Hall–Kier alpha value is -1.36. The molecule has 5 nitrogen and oxygen atoms in total. The van der Waals surface area contributed by atoms with Gasteiger partial charge in [-0.1, -0.05) is 0 Å². The van der Waals surface area contributed by atoms with Gasteiger partial charge in [-0.2, -0.15) is 0 Å². The molecule has 5 heteroatoms. The van der Waals surface area contributed by atoms with Gasteiger partial charge in [0.1, 0.15) is 11.6 Å². The molecule has 0 aromatic carbocycles. The number of aromatic nitrogens is 2. The summed E-state index contributed by atoms with van der Waals surface area (Å²) in [6.45, 7) is 0.932. The predicted octanol–water partition coefficient (Wildman–Crippen LogP) is 1.47. The number of piperidine rings is 1. The zero-order chi connectivity index (χ0) is 13.7. The second-order valence-electron chi connectivity index (χ2n) is 6.53. The molecule has 2 fully saturated rings. The van der Waals surface area contributed by atoms with E-state index >= 15 is 0 Å². The quantitative estimate of drug-likeness (QED) is 0.814. The minimum absolute atomic E-state index is 0.0727. The highest BCUT2D eigenvalue weighted by molar-refractivity contribution is 5.45. The molecular weight excluding hydrogens is 252 g/mol. The number of nitrogens with zero attached hydrogens (tertiary/aromatic N) is 2. The third-order valence-electron chi connectivity index (χ3n) is 5.41. The summed E-state index contributed by atoms with van der Waals surface area (Å²) in [7, 11) is 2.24. The number of anilines is 1. The lowest BCUT2D eigenvalue weighted by atomic mass is 9.90. The van der Waals surface area contributed by atoms with Crippen molar-refractivity contribution < 1.29 is 0 Å². The molecule has 3 aliphatic rings. The molecule has 2 N–H and O–H groups in total. The first-order chi connectivity index (χ1) is 9.72. The summed E-state index contributed by atoms with van der Waals surface area (Å²) >= 11 is 0. The molecule has 2 unspecified atom stereocenters. The van der Waals surface area contributed by atoms with Crippen LogP contribution in [0, 0.1) is 0 Å². The zero-order valence-electron chi connectivity index (χ0n) is 12.0. The lowest BCUT2D eigenvalue weighted by Crippen LogP contribution is -2.40. The third kappa shape index (κ3) is 1.87. The van der Waals surface area contributed by atoms with Crippen LogP contribution in [-0.2, 0) is 6.42 Å². The lowest BCUT2D eigenvalue weighted by molar-refractivity contribution is 0.159. The lowest BCUT2D eigenvalue weighted by Gasteiger charge is -2.36. The van der Waals surface area contributed by atoms with E-state index < -0.39 is 0 Å². The van der Waals surface area contributed by atoms with Crippen molar-refractivity contribution >= 4 is 5.82 Å². The van der Waals surface area contributed by atoms with E-state index in [-0.39, 0.29) is 5.56 Å². The van der Waals surface area contributed by atoms with E-state index in [0.717, 1.165) is 49.4 Å². The molecule has 0 amide bonds. The molecule has 0 saturated carbocycles. The number of rotatable bonds is 1. The van der Waals surface area contributed by atoms with Crippen LogP contribution in [0.1, 0.15) is 49.4 Å². The topological polar surface area (TPSA) is 61.0 Å². The van der Waals surface area contributed by atoms with Gasteiger partial charge in [0.25, 0.3) is 5.56 Å². The first-order valence-electron chi connectivity index (χ1n) is 7.81. The molecule has 4 heterocycles. The van der Waals surface area contributed by atoms with Crippen molar-refractivity contribution in [2.45, 2.75) is 56.5 Å². The summed E-state index contributed by atoms with van der Waals surface area (Å²) in [5.74, 6) is 2.17. The molecule has 2 saturated heterocycles. The Morgan fingerprint density at radius 3 is 2.75 bits per heavy atom. The number of H-pyrrole nitrogens is 1. The summed E-state index contributed by atoms with van der Waals surface area (Å²) in [5, 5.41) is 3.29. The average molecular weight is 274 g/mol. The average Bonchev–Trinajstić information content (AvgIpc) is 2.68. The number of hydrogen-bond acceptors (Lipinski definition) is 4. The van der Waals surface area contributed by atoms with Crippen molar-refractivity contribution in [1.82, 2.24) is 14.9 Å². The fraction of sp³-hybridized carbons (Fsp3) is 0.733.